The third kappa shape index (κ3) is 3.65. The van der Waals surface area contributed by atoms with Gasteiger partial charge in [0, 0.05) is 0 Å². The highest BCUT2D eigenvalue weighted by molar-refractivity contribution is 7.87. The van der Waals surface area contributed by atoms with Crippen LogP contribution in [0.25, 0.3) is 0 Å². The molecule has 0 spiro atoms. The van der Waals surface area contributed by atoms with E-state index in [-0.39, 0.29) is 22.8 Å². The molecule has 0 heterocycles. The largest absolute Gasteiger partial charge is 0.462 e. The lowest BCUT2D eigenvalue weighted by atomic mass is 10.2. The second-order valence-corrected chi connectivity index (χ2v) is 6.12. The Labute approximate surface area is 129 Å². The first kappa shape index (κ1) is 16.0. The third-order valence-corrected chi connectivity index (χ3v) is 4.09. The predicted octanol–water partition coefficient (Wildman–Crippen LogP) is 2.94. The molecule has 2 aromatic rings. The number of carbonyl (C=O) groups excluding carboxylic acids is 1. The van der Waals surface area contributed by atoms with Crippen molar-refractivity contribution in [2.75, 3.05) is 6.61 Å². The standard InChI is InChI=1S/C16H16O5S/c1-3-20-16(17)14-9-4-5-10-15(14)21-22(18,19)13-8-6-7-12(2)11-13/h4-11H,3H2,1-2H3. The van der Waals surface area contributed by atoms with E-state index < -0.39 is 16.1 Å². The van der Waals surface area contributed by atoms with Gasteiger partial charge in [0.15, 0.2) is 5.75 Å². The molecule has 2 rings (SSSR count). The molecule has 0 amide bonds. The van der Waals surface area contributed by atoms with Crippen LogP contribution in [0.5, 0.6) is 5.75 Å². The van der Waals surface area contributed by atoms with Crippen LogP contribution in [-0.4, -0.2) is 21.0 Å². The molecule has 0 saturated heterocycles. The number of carbonyl (C=O) groups is 1. The van der Waals surface area contributed by atoms with Crippen LogP contribution >= 0.6 is 0 Å². The van der Waals surface area contributed by atoms with Crippen LogP contribution in [-0.2, 0) is 14.9 Å². The highest BCUT2D eigenvalue weighted by Crippen LogP contribution is 2.24. The van der Waals surface area contributed by atoms with Crippen LogP contribution in [0, 0.1) is 6.92 Å². The Bertz CT molecular complexity index is 781. The van der Waals surface area contributed by atoms with Crippen LogP contribution in [0.3, 0.4) is 0 Å². The second-order valence-electron chi connectivity index (χ2n) is 4.57. The molecular formula is C16H16O5S. The lowest BCUT2D eigenvalue weighted by Gasteiger charge is -2.11. The summed E-state index contributed by atoms with van der Waals surface area (Å²) in [6, 6.07) is 12.4. The highest BCUT2D eigenvalue weighted by Gasteiger charge is 2.21. The van der Waals surface area contributed by atoms with Crippen molar-refractivity contribution in [2.45, 2.75) is 18.7 Å². The summed E-state index contributed by atoms with van der Waals surface area (Å²) >= 11 is 0. The Hall–Kier alpha value is -2.34. The molecule has 5 nitrogen and oxygen atoms in total. The number of rotatable bonds is 5. The first-order valence-electron chi connectivity index (χ1n) is 6.71. The van der Waals surface area contributed by atoms with E-state index in [2.05, 4.69) is 0 Å². The number of benzene rings is 2. The summed E-state index contributed by atoms with van der Waals surface area (Å²) in [6.45, 7) is 3.65. The summed E-state index contributed by atoms with van der Waals surface area (Å²) in [4.78, 5) is 11.9. The maximum atomic E-state index is 12.3. The zero-order valence-corrected chi connectivity index (χ0v) is 13.1. The Morgan fingerprint density at radius 3 is 2.50 bits per heavy atom. The molecular weight excluding hydrogens is 304 g/mol. The van der Waals surface area contributed by atoms with Crippen molar-refractivity contribution >= 4 is 16.1 Å². The van der Waals surface area contributed by atoms with E-state index in [1.165, 1.54) is 24.3 Å². The molecule has 116 valence electrons. The first-order valence-corrected chi connectivity index (χ1v) is 8.12. The van der Waals surface area contributed by atoms with Gasteiger partial charge in [-0.15, -0.1) is 0 Å². The average molecular weight is 320 g/mol. The molecule has 0 unspecified atom stereocenters. The van der Waals surface area contributed by atoms with Gasteiger partial charge in [-0.2, -0.15) is 8.42 Å². The van der Waals surface area contributed by atoms with Crippen molar-refractivity contribution < 1.29 is 22.1 Å². The van der Waals surface area contributed by atoms with E-state index >= 15 is 0 Å². The minimum absolute atomic E-state index is 0.0335. The number of para-hydroxylation sites is 1. The van der Waals surface area contributed by atoms with E-state index in [1.54, 1.807) is 38.1 Å². The van der Waals surface area contributed by atoms with Gasteiger partial charge >= 0.3 is 16.1 Å². The number of esters is 1. The summed E-state index contributed by atoms with van der Waals surface area (Å²) in [5, 5.41) is 0. The summed E-state index contributed by atoms with van der Waals surface area (Å²) in [5.74, 6) is -0.681. The van der Waals surface area contributed by atoms with Gasteiger partial charge in [-0.25, -0.2) is 4.79 Å². The maximum absolute atomic E-state index is 12.3. The highest BCUT2D eigenvalue weighted by atomic mass is 32.2. The van der Waals surface area contributed by atoms with Gasteiger partial charge in [0.2, 0.25) is 0 Å². The summed E-state index contributed by atoms with van der Waals surface area (Å²) in [5.41, 5.74) is 0.865. The van der Waals surface area contributed by atoms with Gasteiger partial charge in [-0.1, -0.05) is 24.3 Å². The van der Waals surface area contributed by atoms with Gasteiger partial charge in [-0.3, -0.25) is 0 Å². The monoisotopic (exact) mass is 320 g/mol. The molecule has 0 saturated carbocycles. The Balaban J connectivity index is 2.36. The maximum Gasteiger partial charge on any atom is 0.341 e. The van der Waals surface area contributed by atoms with Gasteiger partial charge in [0.1, 0.15) is 10.5 Å². The Kier molecular flexibility index (Phi) is 4.82. The second kappa shape index (κ2) is 6.62. The lowest BCUT2D eigenvalue weighted by Crippen LogP contribution is -2.13. The first-order chi connectivity index (χ1) is 10.4. The molecule has 0 atom stereocenters. The third-order valence-electron chi connectivity index (χ3n) is 2.86. The molecule has 0 radical (unpaired) electrons. The molecule has 0 aliphatic rings. The van der Waals surface area contributed by atoms with E-state index in [0.717, 1.165) is 5.56 Å². The van der Waals surface area contributed by atoms with E-state index in [1.807, 2.05) is 0 Å². The van der Waals surface area contributed by atoms with Crippen molar-refractivity contribution in [1.29, 1.82) is 0 Å². The van der Waals surface area contributed by atoms with Crippen LogP contribution < -0.4 is 4.18 Å². The van der Waals surface area contributed by atoms with Crippen molar-refractivity contribution in [3.8, 4) is 5.75 Å². The zero-order chi connectivity index (χ0) is 16.2. The SMILES string of the molecule is CCOC(=O)c1ccccc1OS(=O)(=O)c1cccc(C)c1. The van der Waals surface area contributed by atoms with Crippen LogP contribution in [0.15, 0.2) is 53.4 Å². The van der Waals surface area contributed by atoms with Gasteiger partial charge in [0.25, 0.3) is 0 Å². The minimum Gasteiger partial charge on any atom is -0.462 e. The topological polar surface area (TPSA) is 69.7 Å². The molecule has 0 fully saturated rings. The van der Waals surface area contributed by atoms with Crippen molar-refractivity contribution in [3.05, 3.63) is 59.7 Å². The fraction of sp³-hybridized carbons (Fsp3) is 0.188. The molecule has 6 heteroatoms. The van der Waals surface area contributed by atoms with E-state index in [9.17, 15) is 13.2 Å². The number of hydrogen-bond donors (Lipinski definition) is 0. The van der Waals surface area contributed by atoms with Crippen molar-refractivity contribution in [1.82, 2.24) is 0 Å². The quantitative estimate of drug-likeness (QED) is 0.626. The molecule has 0 bridgehead atoms. The Morgan fingerprint density at radius 1 is 1.09 bits per heavy atom. The fourth-order valence-corrected chi connectivity index (χ4v) is 2.91. The fourth-order valence-electron chi connectivity index (χ4n) is 1.85. The van der Waals surface area contributed by atoms with Crippen LogP contribution in [0.2, 0.25) is 0 Å². The Morgan fingerprint density at radius 2 is 1.82 bits per heavy atom. The molecule has 0 aliphatic carbocycles. The van der Waals surface area contributed by atoms with Gasteiger partial charge in [-0.05, 0) is 43.7 Å². The summed E-state index contributed by atoms with van der Waals surface area (Å²) < 4.78 is 34.6. The summed E-state index contributed by atoms with van der Waals surface area (Å²) in [6.07, 6.45) is 0. The molecule has 2 aromatic carbocycles. The average Bonchev–Trinajstić information content (AvgIpc) is 2.47. The summed E-state index contributed by atoms with van der Waals surface area (Å²) in [7, 11) is -4.01. The normalized spacial score (nSPS) is 11.0. The van der Waals surface area contributed by atoms with Crippen LogP contribution in [0.1, 0.15) is 22.8 Å². The van der Waals surface area contributed by atoms with E-state index in [0.29, 0.717) is 0 Å². The van der Waals surface area contributed by atoms with Crippen LogP contribution in [0.4, 0.5) is 0 Å². The number of ether oxygens (including phenoxy) is 1. The number of hydrogen-bond acceptors (Lipinski definition) is 5. The molecule has 0 aromatic heterocycles. The molecule has 0 aliphatic heterocycles. The zero-order valence-electron chi connectivity index (χ0n) is 12.3. The van der Waals surface area contributed by atoms with Gasteiger partial charge < -0.3 is 8.92 Å². The van der Waals surface area contributed by atoms with E-state index in [4.69, 9.17) is 8.92 Å². The molecule has 0 N–H and O–H groups in total. The lowest BCUT2D eigenvalue weighted by molar-refractivity contribution is 0.0524. The van der Waals surface area contributed by atoms with Crippen molar-refractivity contribution in [3.63, 3.8) is 0 Å². The minimum atomic E-state index is -4.01. The van der Waals surface area contributed by atoms with Crippen molar-refractivity contribution in [2.24, 2.45) is 0 Å². The predicted molar refractivity (Wildman–Crippen MR) is 81.4 cm³/mol. The number of aryl methyl sites for hydroxylation is 1. The smallest absolute Gasteiger partial charge is 0.341 e. The van der Waals surface area contributed by atoms with Gasteiger partial charge in [0.05, 0.1) is 6.61 Å². The molecule has 22 heavy (non-hydrogen) atoms.